The zero-order chi connectivity index (χ0) is 14.7. The summed E-state index contributed by atoms with van der Waals surface area (Å²) in [6.07, 6.45) is 1.30. The molecule has 0 bridgehead atoms. The van der Waals surface area contributed by atoms with Gasteiger partial charge in [-0.1, -0.05) is 0 Å². The third-order valence-electron chi connectivity index (χ3n) is 3.22. The summed E-state index contributed by atoms with van der Waals surface area (Å²) in [5.41, 5.74) is 5.67. The quantitative estimate of drug-likeness (QED) is 0.925. The minimum atomic E-state index is -3.11. The molecule has 0 radical (unpaired) electrons. The number of halogens is 3. The Morgan fingerprint density at radius 2 is 2.00 bits per heavy atom. The van der Waals surface area contributed by atoms with Crippen molar-refractivity contribution >= 4 is 5.91 Å². The summed E-state index contributed by atoms with van der Waals surface area (Å²) in [6.45, 7) is -2.21. The molecule has 20 heavy (non-hydrogen) atoms. The van der Waals surface area contributed by atoms with E-state index in [4.69, 9.17) is 5.73 Å². The number of piperidine rings is 1. The number of carbonyl (C=O) groups excluding carboxylic acids is 1. The first-order valence-corrected chi connectivity index (χ1v) is 6.26. The summed E-state index contributed by atoms with van der Waals surface area (Å²) in [4.78, 5) is 13.8. The highest BCUT2D eigenvalue weighted by Crippen LogP contribution is 2.24. The molecule has 4 nitrogen and oxygen atoms in total. The highest BCUT2D eigenvalue weighted by Gasteiger charge is 2.25. The molecule has 0 saturated carbocycles. The average molecular weight is 288 g/mol. The van der Waals surface area contributed by atoms with Crippen LogP contribution < -0.4 is 10.5 Å². The van der Waals surface area contributed by atoms with Crippen molar-refractivity contribution in [1.82, 2.24) is 4.90 Å². The molecule has 2 rings (SSSR count). The largest absolute Gasteiger partial charge is 0.434 e. The van der Waals surface area contributed by atoms with Crippen molar-refractivity contribution < 1.29 is 22.7 Å². The average Bonchev–Trinajstić information content (AvgIpc) is 2.38. The number of alkyl halides is 2. The van der Waals surface area contributed by atoms with E-state index < -0.39 is 24.1 Å². The number of rotatable bonds is 3. The van der Waals surface area contributed by atoms with E-state index in [1.54, 1.807) is 0 Å². The standard InChI is InChI=1S/C13H15F3N2O2/c14-8-1-2-10(11(7-8)20-13(15)16)12(19)18-5-3-9(17)4-6-18/h1-2,7,9,13H,3-6,17H2. The first-order chi connectivity index (χ1) is 9.47. The van der Waals surface area contributed by atoms with Crippen LogP contribution in [0.5, 0.6) is 5.75 Å². The molecule has 1 aromatic carbocycles. The van der Waals surface area contributed by atoms with Crippen LogP contribution in [0.2, 0.25) is 0 Å². The molecule has 0 aliphatic carbocycles. The number of hydrogen-bond donors (Lipinski definition) is 1. The van der Waals surface area contributed by atoms with Crippen LogP contribution in [0.4, 0.5) is 13.2 Å². The summed E-state index contributed by atoms with van der Waals surface area (Å²) in [5.74, 6) is -1.63. The van der Waals surface area contributed by atoms with Gasteiger partial charge in [-0.2, -0.15) is 8.78 Å². The topological polar surface area (TPSA) is 55.6 Å². The maximum Gasteiger partial charge on any atom is 0.387 e. The molecule has 110 valence electrons. The van der Waals surface area contributed by atoms with Crippen LogP contribution in [0.1, 0.15) is 23.2 Å². The normalized spacial score (nSPS) is 16.6. The van der Waals surface area contributed by atoms with Crippen molar-refractivity contribution in [3.8, 4) is 5.75 Å². The van der Waals surface area contributed by atoms with Gasteiger partial charge in [-0.05, 0) is 25.0 Å². The molecule has 1 amide bonds. The highest BCUT2D eigenvalue weighted by atomic mass is 19.3. The minimum absolute atomic E-state index is 0.0454. The minimum Gasteiger partial charge on any atom is -0.434 e. The summed E-state index contributed by atoms with van der Waals surface area (Å²) in [5, 5.41) is 0. The molecule has 1 aliphatic heterocycles. The molecular formula is C13H15F3N2O2. The van der Waals surface area contributed by atoms with E-state index in [9.17, 15) is 18.0 Å². The summed E-state index contributed by atoms with van der Waals surface area (Å²) >= 11 is 0. The van der Waals surface area contributed by atoms with E-state index >= 15 is 0 Å². The summed E-state index contributed by atoms with van der Waals surface area (Å²) in [7, 11) is 0. The number of nitrogens with zero attached hydrogens (tertiary/aromatic N) is 1. The number of carbonyl (C=O) groups is 1. The second kappa shape index (κ2) is 6.13. The zero-order valence-corrected chi connectivity index (χ0v) is 10.7. The van der Waals surface area contributed by atoms with Gasteiger partial charge >= 0.3 is 6.61 Å². The maximum atomic E-state index is 13.1. The van der Waals surface area contributed by atoms with E-state index in [1.165, 1.54) is 4.90 Å². The molecule has 0 spiro atoms. The molecule has 0 aromatic heterocycles. The van der Waals surface area contributed by atoms with Crippen molar-refractivity contribution in [1.29, 1.82) is 0 Å². The first-order valence-electron chi connectivity index (χ1n) is 6.26. The maximum absolute atomic E-state index is 13.1. The fourth-order valence-corrected chi connectivity index (χ4v) is 2.14. The van der Waals surface area contributed by atoms with Gasteiger partial charge in [-0.25, -0.2) is 4.39 Å². The Labute approximate surface area is 114 Å². The molecule has 1 aromatic rings. The molecule has 1 aliphatic rings. The lowest BCUT2D eigenvalue weighted by atomic mass is 10.0. The molecule has 1 fully saturated rings. The third-order valence-corrected chi connectivity index (χ3v) is 3.22. The number of amides is 1. The number of nitrogens with two attached hydrogens (primary N) is 1. The second-order valence-electron chi connectivity index (χ2n) is 4.65. The van der Waals surface area contributed by atoms with Crippen LogP contribution in [0.15, 0.2) is 18.2 Å². The van der Waals surface area contributed by atoms with Gasteiger partial charge in [0.1, 0.15) is 11.6 Å². The number of ether oxygens (including phenoxy) is 1. The van der Waals surface area contributed by atoms with Crippen LogP contribution in [0, 0.1) is 5.82 Å². The van der Waals surface area contributed by atoms with Crippen molar-refractivity contribution in [2.45, 2.75) is 25.5 Å². The number of benzene rings is 1. The van der Waals surface area contributed by atoms with Gasteiger partial charge in [0, 0.05) is 25.2 Å². The predicted molar refractivity (Wildman–Crippen MR) is 66.1 cm³/mol. The van der Waals surface area contributed by atoms with Crippen LogP contribution in [0.25, 0.3) is 0 Å². The van der Waals surface area contributed by atoms with E-state index in [-0.39, 0.29) is 11.6 Å². The van der Waals surface area contributed by atoms with Crippen LogP contribution in [-0.2, 0) is 0 Å². The van der Waals surface area contributed by atoms with Crippen LogP contribution in [0.3, 0.4) is 0 Å². The van der Waals surface area contributed by atoms with E-state index in [1.807, 2.05) is 0 Å². The van der Waals surface area contributed by atoms with Gasteiger partial charge in [0.15, 0.2) is 0 Å². The molecule has 7 heteroatoms. The molecule has 1 heterocycles. The molecule has 0 unspecified atom stereocenters. The van der Waals surface area contributed by atoms with Gasteiger partial charge in [-0.15, -0.1) is 0 Å². The highest BCUT2D eigenvalue weighted by molar-refractivity contribution is 5.97. The van der Waals surface area contributed by atoms with Gasteiger partial charge in [0.05, 0.1) is 5.56 Å². The van der Waals surface area contributed by atoms with E-state index in [2.05, 4.69) is 4.74 Å². The summed E-state index contributed by atoms with van der Waals surface area (Å²) in [6, 6.07) is 3.03. The number of hydrogen-bond acceptors (Lipinski definition) is 3. The van der Waals surface area contributed by atoms with Crippen molar-refractivity contribution in [3.05, 3.63) is 29.6 Å². The van der Waals surface area contributed by atoms with E-state index in [0.717, 1.165) is 18.2 Å². The second-order valence-corrected chi connectivity index (χ2v) is 4.65. The fraction of sp³-hybridized carbons (Fsp3) is 0.462. The Balaban J connectivity index is 2.20. The van der Waals surface area contributed by atoms with Crippen LogP contribution >= 0.6 is 0 Å². The fourth-order valence-electron chi connectivity index (χ4n) is 2.14. The Morgan fingerprint density at radius 1 is 1.35 bits per heavy atom. The third kappa shape index (κ3) is 3.41. The molecule has 1 saturated heterocycles. The Hall–Kier alpha value is -1.76. The zero-order valence-electron chi connectivity index (χ0n) is 10.7. The Bertz CT molecular complexity index is 489. The van der Waals surface area contributed by atoms with E-state index in [0.29, 0.717) is 25.9 Å². The van der Waals surface area contributed by atoms with Crippen molar-refractivity contribution in [2.75, 3.05) is 13.1 Å². The lowest BCUT2D eigenvalue weighted by Crippen LogP contribution is -2.43. The number of likely N-dealkylation sites (tertiary alicyclic amines) is 1. The lowest BCUT2D eigenvalue weighted by Gasteiger charge is -2.30. The summed E-state index contributed by atoms with van der Waals surface area (Å²) < 4.78 is 41.9. The SMILES string of the molecule is NC1CCN(C(=O)c2ccc(F)cc2OC(F)F)CC1. The van der Waals surface area contributed by atoms with Gasteiger partial charge in [0.2, 0.25) is 0 Å². The van der Waals surface area contributed by atoms with Crippen molar-refractivity contribution in [3.63, 3.8) is 0 Å². The Morgan fingerprint density at radius 3 is 2.60 bits per heavy atom. The molecule has 0 atom stereocenters. The van der Waals surface area contributed by atoms with Crippen molar-refractivity contribution in [2.24, 2.45) is 5.73 Å². The van der Waals surface area contributed by atoms with Gasteiger partial charge in [0.25, 0.3) is 5.91 Å². The predicted octanol–water partition coefficient (Wildman–Crippen LogP) is 1.99. The van der Waals surface area contributed by atoms with Gasteiger partial charge < -0.3 is 15.4 Å². The smallest absolute Gasteiger partial charge is 0.387 e. The first kappa shape index (κ1) is 14.6. The lowest BCUT2D eigenvalue weighted by molar-refractivity contribution is -0.0504. The van der Waals surface area contributed by atoms with Gasteiger partial charge in [-0.3, -0.25) is 4.79 Å². The monoisotopic (exact) mass is 288 g/mol. The molecule has 2 N–H and O–H groups in total. The molecular weight excluding hydrogens is 273 g/mol. The van der Waals surface area contributed by atoms with Crippen LogP contribution in [-0.4, -0.2) is 36.5 Å². The Kier molecular flexibility index (Phi) is 4.49.